The maximum Gasteiger partial charge on any atom is 0.347 e. The Balaban J connectivity index is 1.27. The summed E-state index contributed by atoms with van der Waals surface area (Å²) < 4.78 is 16.3. The molecule has 1 heterocycles. The molecule has 7 nitrogen and oxygen atoms in total. The van der Waals surface area contributed by atoms with Gasteiger partial charge in [-0.3, -0.25) is 0 Å². The molecule has 0 amide bonds. The predicted octanol–water partition coefficient (Wildman–Crippen LogP) is 6.61. The molecule has 0 bridgehead atoms. The van der Waals surface area contributed by atoms with Crippen LogP contribution in [0.4, 0.5) is 0 Å². The number of carbonyl (C=O) groups excluding carboxylic acids is 2. The number of ether oxygens (including phenoxy) is 3. The molecule has 0 unspecified atom stereocenters. The van der Waals surface area contributed by atoms with Gasteiger partial charge in [0.15, 0.2) is 0 Å². The lowest BCUT2D eigenvalue weighted by molar-refractivity contribution is 0.0443. The van der Waals surface area contributed by atoms with Crippen molar-refractivity contribution in [1.29, 1.82) is 0 Å². The SMILES string of the molecule is CC(C)(c1ccc(Oc2ccc(C(=O)O)cc2)cc1)c1ccc(Oc2ccc3c(c2)C(=O)OC3=O)cc1. The molecule has 0 saturated carbocycles. The van der Waals surface area contributed by atoms with E-state index in [1.165, 1.54) is 24.3 Å². The Hall–Kier alpha value is -4.91. The van der Waals surface area contributed by atoms with Crippen molar-refractivity contribution in [2.24, 2.45) is 0 Å². The average Bonchev–Trinajstić information content (AvgIpc) is 3.17. The smallest absolute Gasteiger partial charge is 0.347 e. The summed E-state index contributed by atoms with van der Waals surface area (Å²) >= 11 is 0. The summed E-state index contributed by atoms with van der Waals surface area (Å²) in [5.41, 5.74) is 2.48. The van der Waals surface area contributed by atoms with Crippen LogP contribution in [-0.2, 0) is 10.2 Å². The van der Waals surface area contributed by atoms with Gasteiger partial charge in [0.1, 0.15) is 23.0 Å². The average molecular weight is 494 g/mol. The molecule has 1 aliphatic heterocycles. The minimum Gasteiger partial charge on any atom is -0.478 e. The highest BCUT2D eigenvalue weighted by Crippen LogP contribution is 2.35. The first kappa shape index (κ1) is 23.8. The van der Waals surface area contributed by atoms with E-state index in [1.54, 1.807) is 18.2 Å². The van der Waals surface area contributed by atoms with E-state index < -0.39 is 17.9 Å². The van der Waals surface area contributed by atoms with Crippen LogP contribution >= 0.6 is 0 Å². The Kier molecular flexibility index (Phi) is 5.97. The van der Waals surface area contributed by atoms with Crippen LogP contribution in [-0.4, -0.2) is 23.0 Å². The molecule has 1 N–H and O–H groups in total. The van der Waals surface area contributed by atoms with Crippen LogP contribution in [0.2, 0.25) is 0 Å². The molecule has 0 spiro atoms. The zero-order valence-electron chi connectivity index (χ0n) is 20.1. The van der Waals surface area contributed by atoms with Crippen molar-refractivity contribution in [3.8, 4) is 23.0 Å². The van der Waals surface area contributed by atoms with E-state index in [9.17, 15) is 14.4 Å². The van der Waals surface area contributed by atoms with Crippen molar-refractivity contribution >= 4 is 17.9 Å². The number of carboxylic acid groups (broad SMARTS) is 1. The summed E-state index contributed by atoms with van der Waals surface area (Å²) in [6, 6.07) is 26.3. The predicted molar refractivity (Wildman–Crippen MR) is 135 cm³/mol. The first-order valence-electron chi connectivity index (χ1n) is 11.5. The third kappa shape index (κ3) is 4.79. The Bertz CT molecular complexity index is 1500. The first-order valence-corrected chi connectivity index (χ1v) is 11.5. The molecule has 4 aromatic carbocycles. The number of fused-ring (bicyclic) bond motifs is 1. The quantitative estimate of drug-likeness (QED) is 0.228. The standard InChI is InChI=1S/C30H22O7/c1-30(2,19-5-11-22(12-6-19)35-21-9-3-18(4-10-21)27(31)32)20-7-13-23(14-8-20)36-24-15-16-25-26(17-24)29(34)37-28(25)33/h3-17H,1-2H3,(H,31,32). The van der Waals surface area contributed by atoms with Crippen molar-refractivity contribution in [1.82, 2.24) is 0 Å². The number of esters is 2. The second kappa shape index (κ2) is 9.28. The van der Waals surface area contributed by atoms with Crippen LogP contribution < -0.4 is 9.47 Å². The van der Waals surface area contributed by atoms with E-state index in [2.05, 4.69) is 18.6 Å². The third-order valence-corrected chi connectivity index (χ3v) is 6.34. The minimum absolute atomic E-state index is 0.199. The van der Waals surface area contributed by atoms with Crippen LogP contribution in [0.15, 0.2) is 91.0 Å². The van der Waals surface area contributed by atoms with Gasteiger partial charge in [-0.1, -0.05) is 38.1 Å². The van der Waals surface area contributed by atoms with Gasteiger partial charge in [0.05, 0.1) is 16.7 Å². The summed E-state index contributed by atoms with van der Waals surface area (Å²) in [5.74, 6) is -0.0707. The molecule has 0 radical (unpaired) electrons. The molecule has 0 aromatic heterocycles. The van der Waals surface area contributed by atoms with Gasteiger partial charge in [-0.25, -0.2) is 14.4 Å². The van der Waals surface area contributed by atoms with E-state index in [4.69, 9.17) is 14.6 Å². The Morgan fingerprint density at radius 2 is 1.08 bits per heavy atom. The van der Waals surface area contributed by atoms with Crippen molar-refractivity contribution in [2.75, 3.05) is 0 Å². The Morgan fingerprint density at radius 3 is 1.59 bits per heavy atom. The fourth-order valence-corrected chi connectivity index (χ4v) is 4.11. The highest BCUT2D eigenvalue weighted by atomic mass is 16.6. The second-order valence-corrected chi connectivity index (χ2v) is 9.09. The number of carboxylic acids is 1. The van der Waals surface area contributed by atoms with E-state index in [1.807, 2.05) is 48.5 Å². The van der Waals surface area contributed by atoms with Crippen LogP contribution in [0.25, 0.3) is 0 Å². The molecule has 1 aliphatic rings. The minimum atomic E-state index is -0.981. The first-order chi connectivity index (χ1) is 17.7. The molecule has 0 saturated heterocycles. The third-order valence-electron chi connectivity index (χ3n) is 6.34. The zero-order valence-corrected chi connectivity index (χ0v) is 20.1. The van der Waals surface area contributed by atoms with Gasteiger partial charge in [-0.2, -0.15) is 0 Å². The molecule has 184 valence electrons. The highest BCUT2D eigenvalue weighted by Gasteiger charge is 2.30. The Morgan fingerprint density at radius 1 is 0.649 bits per heavy atom. The molecule has 0 fully saturated rings. The zero-order chi connectivity index (χ0) is 26.2. The van der Waals surface area contributed by atoms with Gasteiger partial charge in [-0.15, -0.1) is 0 Å². The number of rotatable bonds is 7. The molecule has 4 aromatic rings. The number of hydrogen-bond acceptors (Lipinski definition) is 6. The largest absolute Gasteiger partial charge is 0.478 e. The summed E-state index contributed by atoms with van der Waals surface area (Å²) in [6.45, 7) is 4.24. The van der Waals surface area contributed by atoms with E-state index in [0.29, 0.717) is 23.0 Å². The van der Waals surface area contributed by atoms with Crippen molar-refractivity contribution in [3.63, 3.8) is 0 Å². The maximum absolute atomic E-state index is 11.8. The number of carbonyl (C=O) groups is 3. The lowest BCUT2D eigenvalue weighted by Crippen LogP contribution is -2.18. The second-order valence-electron chi connectivity index (χ2n) is 9.09. The molecule has 37 heavy (non-hydrogen) atoms. The number of benzene rings is 4. The van der Waals surface area contributed by atoms with Gasteiger partial charge in [-0.05, 0) is 77.9 Å². The summed E-state index contributed by atoms with van der Waals surface area (Å²) in [7, 11) is 0. The highest BCUT2D eigenvalue weighted by molar-refractivity contribution is 6.14. The van der Waals surface area contributed by atoms with Crippen LogP contribution in [0.1, 0.15) is 56.0 Å². The lowest BCUT2D eigenvalue weighted by Gasteiger charge is -2.26. The van der Waals surface area contributed by atoms with Gasteiger partial charge < -0.3 is 19.3 Å². The van der Waals surface area contributed by atoms with Crippen LogP contribution in [0.5, 0.6) is 23.0 Å². The molecular weight excluding hydrogens is 472 g/mol. The fourth-order valence-electron chi connectivity index (χ4n) is 4.11. The molecule has 0 aliphatic carbocycles. The van der Waals surface area contributed by atoms with Crippen LogP contribution in [0, 0.1) is 0 Å². The van der Waals surface area contributed by atoms with Gasteiger partial charge in [0.25, 0.3) is 0 Å². The maximum atomic E-state index is 11.8. The fraction of sp³-hybridized carbons (Fsp3) is 0.100. The van der Waals surface area contributed by atoms with Gasteiger partial charge in [0, 0.05) is 5.41 Å². The van der Waals surface area contributed by atoms with Crippen molar-refractivity contribution in [3.05, 3.63) is 119 Å². The van der Waals surface area contributed by atoms with Crippen molar-refractivity contribution in [2.45, 2.75) is 19.3 Å². The lowest BCUT2D eigenvalue weighted by atomic mass is 9.78. The van der Waals surface area contributed by atoms with E-state index in [-0.39, 0.29) is 22.1 Å². The van der Waals surface area contributed by atoms with Gasteiger partial charge in [0.2, 0.25) is 0 Å². The normalized spacial score (nSPS) is 12.6. The monoisotopic (exact) mass is 494 g/mol. The summed E-state index contributed by atoms with van der Waals surface area (Å²) in [5, 5.41) is 9.02. The molecule has 0 atom stereocenters. The summed E-state index contributed by atoms with van der Waals surface area (Å²) in [4.78, 5) is 34.4. The van der Waals surface area contributed by atoms with Gasteiger partial charge >= 0.3 is 17.9 Å². The molecule has 5 rings (SSSR count). The van der Waals surface area contributed by atoms with E-state index >= 15 is 0 Å². The number of hydrogen-bond donors (Lipinski definition) is 1. The van der Waals surface area contributed by atoms with E-state index in [0.717, 1.165) is 11.1 Å². The number of cyclic esters (lactones) is 2. The Labute approximate surface area is 212 Å². The topological polar surface area (TPSA) is 99.1 Å². The summed E-state index contributed by atoms with van der Waals surface area (Å²) in [6.07, 6.45) is 0. The van der Waals surface area contributed by atoms with Crippen molar-refractivity contribution < 1.29 is 33.7 Å². The molecule has 7 heteroatoms. The van der Waals surface area contributed by atoms with Crippen LogP contribution in [0.3, 0.4) is 0 Å². The number of aromatic carboxylic acids is 1. The molecular formula is C30H22O7.